The van der Waals surface area contributed by atoms with Gasteiger partial charge in [-0.25, -0.2) is 8.78 Å². The molecule has 0 saturated carbocycles. The Morgan fingerprint density at radius 1 is 1.15 bits per heavy atom. The first kappa shape index (κ1) is 15.4. The molecular formula is C16H24F2N2. The molecule has 0 spiro atoms. The number of rotatable bonds is 4. The summed E-state index contributed by atoms with van der Waals surface area (Å²) < 4.78 is 27.5. The van der Waals surface area contributed by atoms with Crippen LogP contribution < -0.4 is 5.32 Å². The Morgan fingerprint density at radius 2 is 1.80 bits per heavy atom. The Kier molecular flexibility index (Phi) is 4.76. The third-order valence-corrected chi connectivity index (χ3v) is 4.44. The molecule has 1 aromatic rings. The summed E-state index contributed by atoms with van der Waals surface area (Å²) >= 11 is 0. The van der Waals surface area contributed by atoms with Gasteiger partial charge in [-0.3, -0.25) is 4.90 Å². The molecule has 20 heavy (non-hydrogen) atoms. The first-order valence-electron chi connectivity index (χ1n) is 7.34. The number of piperidine rings is 1. The standard InChI is InChI=1S/C16H24F2N2/c1-16(2,20-9-5-4-6-10-20)15(19-3)13-11-12(17)7-8-14(13)18/h7-8,11,15,19H,4-6,9-10H2,1-3H3. The topological polar surface area (TPSA) is 15.3 Å². The van der Waals surface area contributed by atoms with E-state index >= 15 is 0 Å². The highest BCUT2D eigenvalue weighted by molar-refractivity contribution is 5.25. The van der Waals surface area contributed by atoms with Crippen molar-refractivity contribution in [2.45, 2.75) is 44.7 Å². The fourth-order valence-corrected chi connectivity index (χ4v) is 3.28. The molecule has 1 unspecified atom stereocenters. The molecule has 1 aliphatic rings. The highest BCUT2D eigenvalue weighted by Crippen LogP contribution is 2.34. The van der Waals surface area contributed by atoms with Gasteiger partial charge in [0.25, 0.3) is 0 Å². The zero-order chi connectivity index (χ0) is 14.8. The van der Waals surface area contributed by atoms with Crippen LogP contribution in [-0.4, -0.2) is 30.6 Å². The largest absolute Gasteiger partial charge is 0.311 e. The van der Waals surface area contributed by atoms with Gasteiger partial charge in [0.2, 0.25) is 0 Å². The van der Waals surface area contributed by atoms with Gasteiger partial charge < -0.3 is 5.32 Å². The maximum atomic E-state index is 14.1. The van der Waals surface area contributed by atoms with E-state index in [4.69, 9.17) is 0 Å². The molecular weight excluding hydrogens is 258 g/mol. The van der Waals surface area contributed by atoms with Crippen LogP contribution in [0.15, 0.2) is 18.2 Å². The lowest BCUT2D eigenvalue weighted by Crippen LogP contribution is -2.54. The van der Waals surface area contributed by atoms with Gasteiger partial charge in [-0.05, 0) is 65.0 Å². The van der Waals surface area contributed by atoms with Crippen molar-refractivity contribution in [1.82, 2.24) is 10.2 Å². The van der Waals surface area contributed by atoms with Crippen LogP contribution in [0.5, 0.6) is 0 Å². The molecule has 1 fully saturated rings. The number of hydrogen-bond donors (Lipinski definition) is 1. The number of halogens is 2. The predicted octanol–water partition coefficient (Wildman–Crippen LogP) is 3.49. The van der Waals surface area contributed by atoms with E-state index < -0.39 is 5.82 Å². The van der Waals surface area contributed by atoms with Crippen molar-refractivity contribution in [3.63, 3.8) is 0 Å². The average molecular weight is 282 g/mol. The van der Waals surface area contributed by atoms with Crippen molar-refractivity contribution in [1.29, 1.82) is 0 Å². The van der Waals surface area contributed by atoms with Crippen LogP contribution in [0.3, 0.4) is 0 Å². The monoisotopic (exact) mass is 282 g/mol. The smallest absolute Gasteiger partial charge is 0.128 e. The first-order valence-corrected chi connectivity index (χ1v) is 7.34. The minimum absolute atomic E-state index is 0.240. The number of nitrogens with zero attached hydrogens (tertiary/aromatic N) is 1. The molecule has 0 radical (unpaired) electrons. The van der Waals surface area contributed by atoms with Crippen LogP contribution in [0.25, 0.3) is 0 Å². The van der Waals surface area contributed by atoms with Crippen molar-refractivity contribution in [3.8, 4) is 0 Å². The summed E-state index contributed by atoms with van der Waals surface area (Å²) in [5.74, 6) is -0.744. The molecule has 1 N–H and O–H groups in total. The highest BCUT2D eigenvalue weighted by atomic mass is 19.1. The minimum atomic E-state index is -0.393. The molecule has 1 heterocycles. The van der Waals surface area contributed by atoms with E-state index in [9.17, 15) is 8.78 Å². The SMILES string of the molecule is CNC(c1cc(F)ccc1F)C(C)(C)N1CCCCC1. The molecule has 0 amide bonds. The zero-order valence-electron chi connectivity index (χ0n) is 12.5. The molecule has 0 aromatic heterocycles. The van der Waals surface area contributed by atoms with Crippen molar-refractivity contribution < 1.29 is 8.78 Å². The lowest BCUT2D eigenvalue weighted by molar-refractivity contribution is 0.0620. The van der Waals surface area contributed by atoms with Crippen LogP contribution in [-0.2, 0) is 0 Å². The predicted molar refractivity (Wildman–Crippen MR) is 77.7 cm³/mol. The maximum absolute atomic E-state index is 14.1. The third-order valence-electron chi connectivity index (χ3n) is 4.44. The number of likely N-dealkylation sites (tertiary alicyclic amines) is 1. The summed E-state index contributed by atoms with van der Waals surface area (Å²) in [7, 11) is 1.81. The number of likely N-dealkylation sites (N-methyl/N-ethyl adjacent to an activating group) is 1. The van der Waals surface area contributed by atoms with Gasteiger partial charge in [0.15, 0.2) is 0 Å². The summed E-state index contributed by atoms with van der Waals surface area (Å²) in [5.41, 5.74) is 0.146. The molecule has 1 aliphatic heterocycles. The van der Waals surface area contributed by atoms with Crippen LogP contribution in [0, 0.1) is 11.6 Å². The fraction of sp³-hybridized carbons (Fsp3) is 0.625. The van der Waals surface area contributed by atoms with Gasteiger partial charge in [-0.1, -0.05) is 6.42 Å². The van der Waals surface area contributed by atoms with Crippen molar-refractivity contribution in [2.24, 2.45) is 0 Å². The molecule has 1 saturated heterocycles. The average Bonchev–Trinajstić information content (AvgIpc) is 2.44. The summed E-state index contributed by atoms with van der Waals surface area (Å²) in [5, 5.41) is 3.18. The van der Waals surface area contributed by atoms with Crippen LogP contribution >= 0.6 is 0 Å². The molecule has 0 bridgehead atoms. The Bertz CT molecular complexity index is 454. The fourth-order valence-electron chi connectivity index (χ4n) is 3.28. The molecule has 2 nitrogen and oxygen atoms in total. The first-order chi connectivity index (χ1) is 9.46. The Morgan fingerprint density at radius 3 is 2.40 bits per heavy atom. The maximum Gasteiger partial charge on any atom is 0.128 e. The Balaban J connectivity index is 2.32. The van der Waals surface area contributed by atoms with E-state index in [-0.39, 0.29) is 17.4 Å². The molecule has 1 atom stereocenters. The molecule has 0 aliphatic carbocycles. The molecule has 4 heteroatoms. The number of benzene rings is 1. The van der Waals surface area contributed by atoms with E-state index in [1.807, 2.05) is 0 Å². The van der Waals surface area contributed by atoms with Gasteiger partial charge in [0, 0.05) is 11.1 Å². The number of hydrogen-bond acceptors (Lipinski definition) is 2. The molecule has 1 aromatic carbocycles. The third kappa shape index (κ3) is 3.01. The van der Waals surface area contributed by atoms with Gasteiger partial charge in [-0.15, -0.1) is 0 Å². The minimum Gasteiger partial charge on any atom is -0.311 e. The second-order valence-corrected chi connectivity index (χ2v) is 6.09. The zero-order valence-corrected chi connectivity index (χ0v) is 12.5. The Labute approximate surface area is 120 Å². The highest BCUT2D eigenvalue weighted by Gasteiger charge is 2.37. The summed E-state index contributed by atoms with van der Waals surface area (Å²) in [6.07, 6.45) is 3.60. The lowest BCUT2D eigenvalue weighted by atomic mass is 9.85. The van der Waals surface area contributed by atoms with E-state index in [1.54, 1.807) is 7.05 Å². The lowest BCUT2D eigenvalue weighted by Gasteiger charge is -2.46. The summed E-state index contributed by atoms with van der Waals surface area (Å²) in [4.78, 5) is 2.38. The Hall–Kier alpha value is -1.00. The quantitative estimate of drug-likeness (QED) is 0.909. The van der Waals surface area contributed by atoms with Crippen LogP contribution in [0.1, 0.15) is 44.7 Å². The normalized spacial score (nSPS) is 19.1. The van der Waals surface area contributed by atoms with E-state index in [1.165, 1.54) is 37.5 Å². The van der Waals surface area contributed by atoms with Crippen LogP contribution in [0.2, 0.25) is 0 Å². The van der Waals surface area contributed by atoms with Gasteiger partial charge in [-0.2, -0.15) is 0 Å². The number of nitrogens with one attached hydrogen (secondary N) is 1. The second kappa shape index (κ2) is 6.19. The van der Waals surface area contributed by atoms with Crippen molar-refractivity contribution in [3.05, 3.63) is 35.4 Å². The van der Waals surface area contributed by atoms with Crippen molar-refractivity contribution in [2.75, 3.05) is 20.1 Å². The van der Waals surface area contributed by atoms with Gasteiger partial charge in [0.1, 0.15) is 11.6 Å². The second-order valence-electron chi connectivity index (χ2n) is 6.09. The summed E-state index contributed by atoms with van der Waals surface area (Å²) in [6, 6.07) is 3.44. The molecule has 112 valence electrons. The van der Waals surface area contributed by atoms with Crippen molar-refractivity contribution >= 4 is 0 Å². The van der Waals surface area contributed by atoms with Crippen LogP contribution in [0.4, 0.5) is 8.78 Å². The van der Waals surface area contributed by atoms with Gasteiger partial charge >= 0.3 is 0 Å². The summed E-state index contributed by atoms with van der Waals surface area (Å²) in [6.45, 7) is 6.23. The van der Waals surface area contributed by atoms with E-state index in [0.29, 0.717) is 5.56 Å². The molecule has 2 rings (SSSR count). The van der Waals surface area contributed by atoms with Gasteiger partial charge in [0.05, 0.1) is 6.04 Å². The van der Waals surface area contributed by atoms with E-state index in [0.717, 1.165) is 13.1 Å². The van der Waals surface area contributed by atoms with E-state index in [2.05, 4.69) is 24.1 Å².